The number of carbonyl (C=O) groups is 1. The van der Waals surface area contributed by atoms with Crippen LogP contribution in [-0.2, 0) is 22.1 Å². The Morgan fingerprint density at radius 3 is 2.47 bits per heavy atom. The third kappa shape index (κ3) is 3.98. The molecule has 0 aliphatic rings. The number of halogens is 6. The molecule has 19 heavy (non-hydrogen) atoms. The van der Waals surface area contributed by atoms with E-state index in [0.29, 0.717) is 0 Å². The Labute approximate surface area is 118 Å². The fourth-order valence-corrected chi connectivity index (χ4v) is 2.08. The minimum Gasteiger partial charge on any atom is -0.469 e. The van der Waals surface area contributed by atoms with Gasteiger partial charge in [-0.25, -0.2) is 13.8 Å². The van der Waals surface area contributed by atoms with E-state index in [-0.39, 0.29) is 0 Å². The van der Waals surface area contributed by atoms with Gasteiger partial charge in [0.25, 0.3) is 6.43 Å². The van der Waals surface area contributed by atoms with Gasteiger partial charge in [-0.05, 0) is 28.7 Å². The molecule has 0 N–H and O–H groups in total. The Bertz CT molecular complexity index is 490. The van der Waals surface area contributed by atoms with Crippen molar-refractivity contribution in [3.8, 4) is 0 Å². The molecule has 0 radical (unpaired) electrons. The molecule has 1 aromatic heterocycles. The van der Waals surface area contributed by atoms with Crippen LogP contribution in [0.25, 0.3) is 0 Å². The molecule has 9 heteroatoms. The standard InChI is InChI=1S/C10H7F5INO2/c1-19-6(18)3-4-2-5(9(11)12)7(16)8(17-4)10(13,14)15/h2,9H,3H2,1H3. The zero-order valence-corrected chi connectivity index (χ0v) is 11.6. The lowest BCUT2D eigenvalue weighted by atomic mass is 10.1. The third-order valence-corrected chi connectivity index (χ3v) is 3.23. The van der Waals surface area contributed by atoms with E-state index in [1.54, 1.807) is 0 Å². The van der Waals surface area contributed by atoms with Crippen LogP contribution in [0.15, 0.2) is 6.07 Å². The van der Waals surface area contributed by atoms with Crippen molar-refractivity contribution in [3.05, 3.63) is 26.6 Å². The number of hydrogen-bond donors (Lipinski definition) is 0. The van der Waals surface area contributed by atoms with Crippen LogP contribution >= 0.6 is 22.6 Å². The van der Waals surface area contributed by atoms with Crippen LogP contribution in [-0.4, -0.2) is 18.1 Å². The zero-order valence-electron chi connectivity index (χ0n) is 9.39. The molecule has 0 amide bonds. The Morgan fingerprint density at radius 2 is 2.05 bits per heavy atom. The summed E-state index contributed by atoms with van der Waals surface area (Å²) in [6.07, 6.45) is -8.56. The van der Waals surface area contributed by atoms with Gasteiger partial charge < -0.3 is 4.74 Å². The maximum absolute atomic E-state index is 12.7. The van der Waals surface area contributed by atoms with Gasteiger partial charge in [0.05, 0.1) is 22.8 Å². The number of pyridine rings is 1. The number of carbonyl (C=O) groups excluding carboxylic acids is 1. The third-order valence-electron chi connectivity index (χ3n) is 2.10. The van der Waals surface area contributed by atoms with Crippen molar-refractivity contribution in [3.63, 3.8) is 0 Å². The molecule has 1 heterocycles. The fraction of sp³-hybridized carbons (Fsp3) is 0.400. The second-order valence-electron chi connectivity index (χ2n) is 3.42. The highest BCUT2D eigenvalue weighted by atomic mass is 127. The van der Waals surface area contributed by atoms with Gasteiger partial charge in [-0.2, -0.15) is 13.2 Å². The molecule has 0 spiro atoms. The van der Waals surface area contributed by atoms with Crippen molar-refractivity contribution in [2.75, 3.05) is 7.11 Å². The van der Waals surface area contributed by atoms with E-state index in [2.05, 4.69) is 9.72 Å². The van der Waals surface area contributed by atoms with E-state index < -0.39 is 45.5 Å². The van der Waals surface area contributed by atoms with Crippen molar-refractivity contribution in [2.24, 2.45) is 0 Å². The number of rotatable bonds is 3. The van der Waals surface area contributed by atoms with Gasteiger partial charge in [0, 0.05) is 5.56 Å². The number of ether oxygens (including phenoxy) is 1. The molecule has 0 fully saturated rings. The molecule has 0 aromatic carbocycles. The molecule has 0 bridgehead atoms. The molecule has 0 saturated carbocycles. The van der Waals surface area contributed by atoms with Crippen LogP contribution < -0.4 is 0 Å². The number of nitrogens with zero attached hydrogens (tertiary/aromatic N) is 1. The first kappa shape index (κ1) is 16.1. The van der Waals surface area contributed by atoms with Crippen molar-refractivity contribution in [1.82, 2.24) is 4.98 Å². The van der Waals surface area contributed by atoms with E-state index >= 15 is 0 Å². The SMILES string of the molecule is COC(=O)Cc1cc(C(F)F)c(I)c(C(F)(F)F)n1. The van der Waals surface area contributed by atoms with Crippen molar-refractivity contribution in [1.29, 1.82) is 0 Å². The van der Waals surface area contributed by atoms with Crippen molar-refractivity contribution >= 4 is 28.6 Å². The van der Waals surface area contributed by atoms with Gasteiger partial charge in [0.2, 0.25) is 0 Å². The average Bonchev–Trinajstić information content (AvgIpc) is 2.29. The quantitative estimate of drug-likeness (QED) is 0.448. The summed E-state index contributed by atoms with van der Waals surface area (Å²) in [7, 11) is 1.04. The highest BCUT2D eigenvalue weighted by Crippen LogP contribution is 2.36. The van der Waals surface area contributed by atoms with Gasteiger partial charge >= 0.3 is 12.1 Å². The summed E-state index contributed by atoms with van der Waals surface area (Å²) >= 11 is 1.16. The smallest absolute Gasteiger partial charge is 0.434 e. The van der Waals surface area contributed by atoms with Crippen LogP contribution in [0.5, 0.6) is 0 Å². The summed E-state index contributed by atoms with van der Waals surface area (Å²) < 4.78 is 66.9. The Morgan fingerprint density at radius 1 is 1.47 bits per heavy atom. The molecular weight excluding hydrogens is 388 g/mol. The number of esters is 1. The van der Waals surface area contributed by atoms with Crippen LogP contribution in [0.1, 0.15) is 23.4 Å². The Balaban J connectivity index is 3.35. The molecular formula is C10H7F5INO2. The van der Waals surface area contributed by atoms with E-state index in [0.717, 1.165) is 35.8 Å². The molecule has 0 aliphatic carbocycles. The maximum Gasteiger partial charge on any atom is 0.434 e. The molecule has 0 atom stereocenters. The van der Waals surface area contributed by atoms with Gasteiger partial charge in [-0.3, -0.25) is 4.79 Å². The average molecular weight is 395 g/mol. The zero-order chi connectivity index (χ0) is 14.8. The summed E-state index contributed by atoms with van der Waals surface area (Å²) in [6.45, 7) is 0. The number of alkyl halides is 5. The Kier molecular flexibility index (Phi) is 5.04. The van der Waals surface area contributed by atoms with Gasteiger partial charge in [0.15, 0.2) is 5.69 Å². The predicted molar refractivity (Wildman–Crippen MR) is 62.6 cm³/mol. The molecule has 106 valence electrons. The lowest BCUT2D eigenvalue weighted by molar-refractivity contribution is -0.143. The van der Waals surface area contributed by atoms with Crippen molar-refractivity contribution < 1.29 is 31.5 Å². The summed E-state index contributed by atoms with van der Waals surface area (Å²) in [5.41, 5.74) is -2.64. The van der Waals surface area contributed by atoms with E-state index in [4.69, 9.17) is 0 Å². The van der Waals surface area contributed by atoms with Gasteiger partial charge in [0.1, 0.15) is 0 Å². The summed E-state index contributed by atoms with van der Waals surface area (Å²) in [6, 6.07) is 0.776. The first-order chi connectivity index (χ1) is 8.66. The normalized spacial score (nSPS) is 11.8. The second kappa shape index (κ2) is 5.97. The molecule has 0 aliphatic heterocycles. The number of aromatic nitrogens is 1. The molecule has 0 saturated heterocycles. The first-order valence-corrected chi connectivity index (χ1v) is 5.86. The maximum atomic E-state index is 12.7. The van der Waals surface area contributed by atoms with Crippen molar-refractivity contribution in [2.45, 2.75) is 19.0 Å². The lowest BCUT2D eigenvalue weighted by Crippen LogP contribution is -2.16. The fourth-order valence-electron chi connectivity index (χ4n) is 1.26. The molecule has 1 rings (SSSR count). The molecule has 3 nitrogen and oxygen atoms in total. The van der Waals surface area contributed by atoms with E-state index in [1.807, 2.05) is 0 Å². The van der Waals surface area contributed by atoms with Gasteiger partial charge in [-0.1, -0.05) is 0 Å². The highest BCUT2D eigenvalue weighted by Gasteiger charge is 2.37. The summed E-state index contributed by atoms with van der Waals surface area (Å²) in [4.78, 5) is 14.2. The van der Waals surface area contributed by atoms with Gasteiger partial charge in [-0.15, -0.1) is 0 Å². The topological polar surface area (TPSA) is 39.2 Å². The lowest BCUT2D eigenvalue weighted by Gasteiger charge is -2.13. The van der Waals surface area contributed by atoms with E-state index in [9.17, 15) is 26.7 Å². The van der Waals surface area contributed by atoms with Crippen LogP contribution in [0.2, 0.25) is 0 Å². The predicted octanol–water partition coefficient (Wildman–Crippen LogP) is 3.36. The number of methoxy groups -OCH3 is 1. The minimum atomic E-state index is -4.87. The summed E-state index contributed by atoms with van der Waals surface area (Å²) in [5.74, 6) is -0.859. The monoisotopic (exact) mass is 395 g/mol. The van der Waals surface area contributed by atoms with Crippen LogP contribution in [0.4, 0.5) is 22.0 Å². The largest absolute Gasteiger partial charge is 0.469 e. The minimum absolute atomic E-state index is 0.408. The molecule has 1 aromatic rings. The van der Waals surface area contributed by atoms with Crippen LogP contribution in [0, 0.1) is 3.57 Å². The Hall–Kier alpha value is -1.00. The highest BCUT2D eigenvalue weighted by molar-refractivity contribution is 14.1. The number of hydrogen-bond acceptors (Lipinski definition) is 3. The summed E-state index contributed by atoms with van der Waals surface area (Å²) in [5, 5.41) is 0. The second-order valence-corrected chi connectivity index (χ2v) is 4.50. The first-order valence-electron chi connectivity index (χ1n) is 4.78. The molecule has 0 unspecified atom stereocenters. The van der Waals surface area contributed by atoms with Crippen LogP contribution in [0.3, 0.4) is 0 Å². The van der Waals surface area contributed by atoms with E-state index in [1.165, 1.54) is 0 Å².